The molecule has 1 aromatic carbocycles. The Morgan fingerprint density at radius 3 is 2.84 bits per heavy atom. The van der Waals surface area contributed by atoms with Crippen molar-refractivity contribution in [2.75, 3.05) is 0 Å². The predicted octanol–water partition coefficient (Wildman–Crippen LogP) is 3.46. The topological polar surface area (TPSA) is 42.9 Å². The lowest BCUT2D eigenvalue weighted by molar-refractivity contribution is 0.0971. The number of hydrogen-bond acceptors (Lipinski definition) is 3. The van der Waals surface area contributed by atoms with Crippen LogP contribution in [0.4, 0.5) is 4.39 Å². The molecule has 0 bridgehead atoms. The first-order valence-electron chi connectivity index (χ1n) is 5.99. The molecule has 0 spiro atoms. The summed E-state index contributed by atoms with van der Waals surface area (Å²) >= 11 is 5.99. The van der Waals surface area contributed by atoms with E-state index in [1.165, 1.54) is 12.1 Å². The number of aromatic nitrogens is 2. The van der Waals surface area contributed by atoms with E-state index >= 15 is 0 Å². The molecule has 0 N–H and O–H groups in total. The molecule has 19 heavy (non-hydrogen) atoms. The van der Waals surface area contributed by atoms with E-state index in [-0.39, 0.29) is 10.8 Å². The average Bonchev–Trinajstić information content (AvgIpc) is 2.38. The van der Waals surface area contributed by atoms with Gasteiger partial charge in [0, 0.05) is 18.2 Å². The monoisotopic (exact) mass is 276 g/mol. The highest BCUT2D eigenvalue weighted by Crippen LogP contribution is 2.27. The third-order valence-electron chi connectivity index (χ3n) is 3.16. The molecule has 0 fully saturated rings. The Balaban J connectivity index is 2.09. The molecule has 0 unspecified atom stereocenters. The third-order valence-corrected chi connectivity index (χ3v) is 3.47. The van der Waals surface area contributed by atoms with Gasteiger partial charge in [-0.05, 0) is 31.0 Å². The lowest BCUT2D eigenvalue weighted by atomic mass is 9.96. The summed E-state index contributed by atoms with van der Waals surface area (Å²) in [7, 11) is 0. The number of aryl methyl sites for hydroxylation is 1. The number of carbonyl (C=O) groups is 1. The van der Waals surface area contributed by atoms with Crippen LogP contribution in [-0.2, 0) is 6.42 Å². The van der Waals surface area contributed by atoms with Crippen LogP contribution in [-0.4, -0.2) is 15.8 Å². The van der Waals surface area contributed by atoms with Gasteiger partial charge in [-0.3, -0.25) is 4.79 Å². The SMILES string of the molecule is O=C1CCCc2nc(-c3ccc(F)cc3Cl)ncc21. The summed E-state index contributed by atoms with van der Waals surface area (Å²) in [6.45, 7) is 0. The molecule has 5 heteroatoms. The van der Waals surface area contributed by atoms with Crippen LogP contribution < -0.4 is 0 Å². The fraction of sp³-hybridized carbons (Fsp3) is 0.214. The second-order valence-electron chi connectivity index (χ2n) is 4.45. The molecule has 1 aliphatic carbocycles. The van der Waals surface area contributed by atoms with E-state index in [0.29, 0.717) is 23.4 Å². The quantitative estimate of drug-likeness (QED) is 0.801. The number of halogens is 2. The zero-order valence-electron chi connectivity index (χ0n) is 9.99. The highest BCUT2D eigenvalue weighted by molar-refractivity contribution is 6.33. The van der Waals surface area contributed by atoms with E-state index < -0.39 is 5.82 Å². The van der Waals surface area contributed by atoms with E-state index in [0.717, 1.165) is 18.5 Å². The van der Waals surface area contributed by atoms with Crippen LogP contribution in [0.15, 0.2) is 24.4 Å². The van der Waals surface area contributed by atoms with Gasteiger partial charge in [0.25, 0.3) is 0 Å². The molecule has 0 atom stereocenters. The third kappa shape index (κ3) is 2.24. The smallest absolute Gasteiger partial charge is 0.166 e. The van der Waals surface area contributed by atoms with E-state index in [4.69, 9.17) is 11.6 Å². The van der Waals surface area contributed by atoms with Gasteiger partial charge in [-0.25, -0.2) is 14.4 Å². The first-order valence-corrected chi connectivity index (χ1v) is 6.37. The number of benzene rings is 1. The first-order chi connectivity index (χ1) is 9.15. The summed E-state index contributed by atoms with van der Waals surface area (Å²) in [4.78, 5) is 20.2. The lowest BCUT2D eigenvalue weighted by Gasteiger charge is -2.14. The Morgan fingerprint density at radius 1 is 1.21 bits per heavy atom. The van der Waals surface area contributed by atoms with Crippen molar-refractivity contribution in [3.8, 4) is 11.4 Å². The fourth-order valence-electron chi connectivity index (χ4n) is 2.19. The van der Waals surface area contributed by atoms with E-state index in [1.807, 2.05) is 0 Å². The van der Waals surface area contributed by atoms with Crippen LogP contribution >= 0.6 is 11.6 Å². The van der Waals surface area contributed by atoms with Gasteiger partial charge in [-0.2, -0.15) is 0 Å². The summed E-state index contributed by atoms with van der Waals surface area (Å²) in [5.41, 5.74) is 1.92. The van der Waals surface area contributed by atoms with Crippen molar-refractivity contribution in [3.63, 3.8) is 0 Å². The zero-order valence-corrected chi connectivity index (χ0v) is 10.7. The highest BCUT2D eigenvalue weighted by Gasteiger charge is 2.20. The molecule has 0 radical (unpaired) electrons. The minimum atomic E-state index is -0.401. The summed E-state index contributed by atoms with van der Waals surface area (Å²) in [5, 5.41) is 0.266. The van der Waals surface area contributed by atoms with Crippen LogP contribution in [0.5, 0.6) is 0 Å². The maximum absolute atomic E-state index is 13.0. The van der Waals surface area contributed by atoms with Gasteiger partial charge in [0.2, 0.25) is 0 Å². The second kappa shape index (κ2) is 4.70. The lowest BCUT2D eigenvalue weighted by Crippen LogP contribution is -2.13. The van der Waals surface area contributed by atoms with Gasteiger partial charge in [0.05, 0.1) is 16.3 Å². The Morgan fingerprint density at radius 2 is 2.05 bits per heavy atom. The van der Waals surface area contributed by atoms with Crippen molar-refractivity contribution in [1.29, 1.82) is 0 Å². The molecular weight excluding hydrogens is 267 g/mol. The maximum Gasteiger partial charge on any atom is 0.166 e. The molecular formula is C14H10ClFN2O. The van der Waals surface area contributed by atoms with Gasteiger partial charge < -0.3 is 0 Å². The number of rotatable bonds is 1. The van der Waals surface area contributed by atoms with Crippen molar-refractivity contribution in [1.82, 2.24) is 9.97 Å². The molecule has 1 heterocycles. The zero-order chi connectivity index (χ0) is 13.4. The van der Waals surface area contributed by atoms with Crippen molar-refractivity contribution in [3.05, 3.63) is 46.5 Å². The van der Waals surface area contributed by atoms with Crippen LogP contribution in [0.3, 0.4) is 0 Å². The molecule has 96 valence electrons. The van der Waals surface area contributed by atoms with Gasteiger partial charge in [-0.15, -0.1) is 0 Å². The number of nitrogens with zero attached hydrogens (tertiary/aromatic N) is 2. The van der Waals surface area contributed by atoms with Gasteiger partial charge >= 0.3 is 0 Å². The van der Waals surface area contributed by atoms with Gasteiger partial charge in [-0.1, -0.05) is 11.6 Å². The van der Waals surface area contributed by atoms with Gasteiger partial charge in [0.1, 0.15) is 5.82 Å². The largest absolute Gasteiger partial charge is 0.294 e. The fourth-order valence-corrected chi connectivity index (χ4v) is 2.44. The minimum Gasteiger partial charge on any atom is -0.294 e. The molecule has 2 aromatic rings. The Bertz CT molecular complexity index is 672. The Hall–Kier alpha value is -1.81. The van der Waals surface area contributed by atoms with E-state index in [9.17, 15) is 9.18 Å². The Labute approximate surface area is 114 Å². The summed E-state index contributed by atoms with van der Waals surface area (Å²) in [5.74, 6) is 0.110. The van der Waals surface area contributed by atoms with Crippen molar-refractivity contribution >= 4 is 17.4 Å². The van der Waals surface area contributed by atoms with Crippen LogP contribution in [0.1, 0.15) is 28.9 Å². The molecule has 1 aliphatic rings. The first kappa shape index (κ1) is 12.2. The molecule has 3 rings (SSSR count). The average molecular weight is 277 g/mol. The number of fused-ring (bicyclic) bond motifs is 1. The van der Waals surface area contributed by atoms with Crippen LogP contribution in [0.25, 0.3) is 11.4 Å². The van der Waals surface area contributed by atoms with Crippen molar-refractivity contribution < 1.29 is 9.18 Å². The molecule has 3 nitrogen and oxygen atoms in total. The molecule has 0 aliphatic heterocycles. The number of hydrogen-bond donors (Lipinski definition) is 0. The van der Waals surface area contributed by atoms with Crippen molar-refractivity contribution in [2.45, 2.75) is 19.3 Å². The molecule has 1 aromatic heterocycles. The molecule has 0 saturated carbocycles. The minimum absolute atomic E-state index is 0.0815. The molecule has 0 saturated heterocycles. The van der Waals surface area contributed by atoms with Crippen molar-refractivity contribution in [2.24, 2.45) is 0 Å². The highest BCUT2D eigenvalue weighted by atomic mass is 35.5. The van der Waals surface area contributed by atoms with Crippen LogP contribution in [0.2, 0.25) is 5.02 Å². The summed E-state index contributed by atoms with van der Waals surface area (Å²) in [6, 6.07) is 4.09. The maximum atomic E-state index is 13.0. The van der Waals surface area contributed by atoms with E-state index in [2.05, 4.69) is 9.97 Å². The second-order valence-corrected chi connectivity index (χ2v) is 4.86. The van der Waals surface area contributed by atoms with E-state index in [1.54, 1.807) is 12.3 Å². The van der Waals surface area contributed by atoms with Gasteiger partial charge in [0.15, 0.2) is 11.6 Å². The number of ketones is 1. The standard InChI is InChI=1S/C14H10ClFN2O/c15-11-6-8(16)4-5-9(11)14-17-7-10-12(18-14)2-1-3-13(10)19/h4-7H,1-3H2. The molecule has 0 amide bonds. The predicted molar refractivity (Wildman–Crippen MR) is 69.7 cm³/mol. The normalized spacial score (nSPS) is 14.3. The number of Topliss-reactive ketones (excluding diaryl/α,β-unsaturated/α-hetero) is 1. The number of carbonyl (C=O) groups excluding carboxylic acids is 1. The summed E-state index contributed by atoms with van der Waals surface area (Å²) < 4.78 is 13.0. The van der Waals surface area contributed by atoms with Crippen LogP contribution in [0, 0.1) is 5.82 Å². The summed E-state index contributed by atoms with van der Waals surface area (Å²) in [6.07, 6.45) is 3.65. The Kier molecular flexibility index (Phi) is 3.03.